The Morgan fingerprint density at radius 2 is 1.67 bits per heavy atom. The van der Waals surface area contributed by atoms with E-state index in [-0.39, 0.29) is 11.7 Å². The number of rotatable bonds is 7. The van der Waals surface area contributed by atoms with E-state index < -0.39 is 5.92 Å². The van der Waals surface area contributed by atoms with Crippen molar-refractivity contribution < 1.29 is 14.3 Å². The molecule has 7 nitrogen and oxygen atoms in total. The second-order valence-electron chi connectivity index (χ2n) is 9.99. The first-order valence-electron chi connectivity index (χ1n) is 13.0. The zero-order valence-electron chi connectivity index (χ0n) is 22.4. The van der Waals surface area contributed by atoms with Gasteiger partial charge in [0.15, 0.2) is 17.3 Å². The molecule has 0 aromatic heterocycles. The predicted octanol–water partition coefficient (Wildman–Crippen LogP) is 5.24. The van der Waals surface area contributed by atoms with E-state index in [0.29, 0.717) is 47.9 Å². The molecule has 3 aromatic rings. The fourth-order valence-corrected chi connectivity index (χ4v) is 5.58. The van der Waals surface area contributed by atoms with Crippen molar-refractivity contribution in [2.45, 2.75) is 31.3 Å². The number of carbonyl (C=O) groups excluding carboxylic acids is 1. The number of benzene rings is 3. The summed E-state index contributed by atoms with van der Waals surface area (Å²) in [5.74, 6) is 0.894. The molecule has 1 aliphatic carbocycles. The molecule has 0 fully saturated rings. The van der Waals surface area contributed by atoms with Crippen LogP contribution in [0.5, 0.6) is 11.5 Å². The smallest absolute Gasteiger partial charge is 0.162 e. The van der Waals surface area contributed by atoms with Gasteiger partial charge in [0.05, 0.1) is 24.7 Å². The van der Waals surface area contributed by atoms with Gasteiger partial charge in [-0.1, -0.05) is 66.7 Å². The average molecular weight is 521 g/mol. The molecule has 0 radical (unpaired) electrons. The van der Waals surface area contributed by atoms with Crippen molar-refractivity contribution in [1.82, 2.24) is 10.0 Å². The Morgan fingerprint density at radius 1 is 0.974 bits per heavy atom. The van der Waals surface area contributed by atoms with Crippen molar-refractivity contribution in [2.75, 3.05) is 21.2 Å². The second-order valence-corrected chi connectivity index (χ2v) is 9.99. The van der Waals surface area contributed by atoms with Crippen LogP contribution < -0.4 is 15.2 Å². The fraction of sp³-hybridized carbons (Fsp3) is 0.250. The van der Waals surface area contributed by atoms with E-state index in [0.717, 1.165) is 22.4 Å². The molecular weight excluding hydrogens is 488 g/mol. The van der Waals surface area contributed by atoms with E-state index in [1.54, 1.807) is 7.11 Å². The summed E-state index contributed by atoms with van der Waals surface area (Å²) >= 11 is 0. The third-order valence-corrected chi connectivity index (χ3v) is 7.37. The number of hydrazine groups is 1. The molecule has 5 rings (SSSR count). The Kier molecular flexibility index (Phi) is 7.40. The number of nitrogens with two attached hydrogens (primary N) is 1. The lowest BCUT2D eigenvalue weighted by atomic mass is 9.72. The molecule has 0 amide bonds. The summed E-state index contributed by atoms with van der Waals surface area (Å²) in [6, 6.07) is 27.9. The van der Waals surface area contributed by atoms with E-state index in [4.69, 9.17) is 15.2 Å². The fourth-order valence-electron chi connectivity index (χ4n) is 5.58. The predicted molar refractivity (Wildman–Crippen MR) is 149 cm³/mol. The molecule has 0 saturated heterocycles. The highest BCUT2D eigenvalue weighted by Gasteiger charge is 2.43. The molecule has 0 unspecified atom stereocenters. The van der Waals surface area contributed by atoms with E-state index in [1.807, 2.05) is 90.8 Å². The van der Waals surface area contributed by atoms with E-state index in [1.165, 1.54) is 0 Å². The highest BCUT2D eigenvalue weighted by Crippen LogP contribution is 2.49. The first-order valence-corrected chi connectivity index (χ1v) is 13.0. The van der Waals surface area contributed by atoms with Gasteiger partial charge >= 0.3 is 0 Å². The van der Waals surface area contributed by atoms with Gasteiger partial charge in [-0.2, -0.15) is 5.26 Å². The molecule has 0 bridgehead atoms. The molecule has 0 spiro atoms. The standard InChI is InChI=1S/C32H32N4O3/c1-35(2)36-26-16-24(22-12-8-5-9-13-22)17-27(37)31(26)30(25(19-33)32(36)34)23-14-15-28(29(18-23)38-3)39-20-21-10-6-4-7-11-21/h4-15,18,24,30H,16-17,20,34H2,1-3H3/t24-,30+/m1/s1. The number of carbonyl (C=O) groups is 1. The molecule has 1 aliphatic heterocycles. The topological polar surface area (TPSA) is 91.8 Å². The van der Waals surface area contributed by atoms with E-state index in [9.17, 15) is 10.1 Å². The summed E-state index contributed by atoms with van der Waals surface area (Å²) in [5, 5.41) is 13.9. The molecule has 39 heavy (non-hydrogen) atoms. The van der Waals surface area contributed by atoms with Crippen LogP contribution in [0.3, 0.4) is 0 Å². The Balaban J connectivity index is 1.56. The van der Waals surface area contributed by atoms with Crippen LogP contribution in [0.1, 0.15) is 41.4 Å². The van der Waals surface area contributed by atoms with Crippen molar-refractivity contribution >= 4 is 5.78 Å². The van der Waals surface area contributed by atoms with Gasteiger partial charge in [0.1, 0.15) is 12.4 Å². The molecule has 198 valence electrons. The van der Waals surface area contributed by atoms with Crippen LogP contribution in [-0.2, 0) is 11.4 Å². The number of ketones is 1. The van der Waals surface area contributed by atoms with E-state index in [2.05, 4.69) is 18.2 Å². The zero-order chi connectivity index (χ0) is 27.5. The SMILES string of the molecule is COc1cc([C@H]2C(C#N)=C(N)N(N(C)C)C3=C2C(=O)C[C@H](c2ccccc2)C3)ccc1OCc1ccccc1. The summed E-state index contributed by atoms with van der Waals surface area (Å²) in [7, 11) is 5.32. The Bertz CT molecular complexity index is 1470. The molecule has 1 heterocycles. The molecule has 2 atom stereocenters. The molecular formula is C32H32N4O3. The third kappa shape index (κ3) is 4.99. The second kappa shape index (κ2) is 11.1. The number of nitrogens with zero attached hydrogens (tertiary/aromatic N) is 3. The number of hydrogen-bond acceptors (Lipinski definition) is 7. The molecule has 7 heteroatoms. The van der Waals surface area contributed by atoms with Crippen molar-refractivity contribution in [3.05, 3.63) is 118 Å². The number of nitriles is 1. The Morgan fingerprint density at radius 3 is 2.31 bits per heavy atom. The van der Waals surface area contributed by atoms with Crippen LogP contribution in [0.25, 0.3) is 0 Å². The first-order chi connectivity index (χ1) is 18.9. The number of allylic oxidation sites excluding steroid dienone is 3. The minimum Gasteiger partial charge on any atom is -0.493 e. The summed E-state index contributed by atoms with van der Waals surface area (Å²) in [4.78, 5) is 13.9. The van der Waals surface area contributed by atoms with Gasteiger partial charge in [-0.05, 0) is 41.2 Å². The highest BCUT2D eigenvalue weighted by atomic mass is 16.5. The minimum atomic E-state index is -0.595. The summed E-state index contributed by atoms with van der Waals surface area (Å²) in [6.07, 6.45) is 1.00. The zero-order valence-corrected chi connectivity index (χ0v) is 22.4. The number of hydrogen-bond donors (Lipinski definition) is 1. The van der Waals surface area contributed by atoms with Crippen LogP contribution >= 0.6 is 0 Å². The average Bonchev–Trinajstić information content (AvgIpc) is 2.96. The molecule has 3 aromatic carbocycles. The quantitative estimate of drug-likeness (QED) is 0.455. The summed E-state index contributed by atoms with van der Waals surface area (Å²) in [5.41, 5.74) is 11.3. The normalized spacial score (nSPS) is 19.2. The van der Waals surface area contributed by atoms with Crippen molar-refractivity contribution in [3.8, 4) is 17.6 Å². The van der Waals surface area contributed by atoms with Gasteiger partial charge < -0.3 is 15.2 Å². The lowest BCUT2D eigenvalue weighted by Crippen LogP contribution is -2.46. The largest absolute Gasteiger partial charge is 0.493 e. The van der Waals surface area contributed by atoms with Crippen LogP contribution in [0, 0.1) is 11.3 Å². The summed E-state index contributed by atoms with van der Waals surface area (Å²) < 4.78 is 11.7. The Labute approximate surface area is 229 Å². The minimum absolute atomic E-state index is 0.0191. The molecule has 0 saturated carbocycles. The maximum Gasteiger partial charge on any atom is 0.162 e. The number of Topliss-reactive ketones (excluding diaryl/α,β-unsaturated/α-hetero) is 1. The first kappa shape index (κ1) is 26.1. The highest BCUT2D eigenvalue weighted by molar-refractivity contribution is 6.00. The summed E-state index contributed by atoms with van der Waals surface area (Å²) in [6.45, 7) is 0.392. The van der Waals surface area contributed by atoms with Crippen molar-refractivity contribution in [3.63, 3.8) is 0 Å². The lowest BCUT2D eigenvalue weighted by molar-refractivity contribution is -0.117. The Hall–Kier alpha value is -4.54. The number of methoxy groups -OCH3 is 1. The van der Waals surface area contributed by atoms with Crippen LogP contribution in [-0.4, -0.2) is 37.0 Å². The van der Waals surface area contributed by atoms with Crippen LogP contribution in [0.4, 0.5) is 0 Å². The number of ether oxygens (including phenoxy) is 2. The van der Waals surface area contributed by atoms with Gasteiger partial charge in [-0.15, -0.1) is 0 Å². The van der Waals surface area contributed by atoms with E-state index >= 15 is 0 Å². The molecule has 2 aliphatic rings. The van der Waals surface area contributed by atoms with Gasteiger partial charge in [-0.25, -0.2) is 5.01 Å². The van der Waals surface area contributed by atoms with Gasteiger partial charge in [0.25, 0.3) is 0 Å². The van der Waals surface area contributed by atoms with Crippen molar-refractivity contribution in [2.24, 2.45) is 5.73 Å². The van der Waals surface area contributed by atoms with Gasteiger partial charge in [-0.3, -0.25) is 9.80 Å². The lowest BCUT2D eigenvalue weighted by Gasteiger charge is -2.43. The monoisotopic (exact) mass is 520 g/mol. The van der Waals surface area contributed by atoms with Crippen LogP contribution in [0.2, 0.25) is 0 Å². The third-order valence-electron chi connectivity index (χ3n) is 7.37. The van der Waals surface area contributed by atoms with Crippen molar-refractivity contribution in [1.29, 1.82) is 5.26 Å². The maximum atomic E-state index is 13.9. The van der Waals surface area contributed by atoms with Crippen LogP contribution in [0.15, 0.2) is 102 Å². The van der Waals surface area contributed by atoms with Gasteiger partial charge in [0, 0.05) is 31.8 Å². The maximum absolute atomic E-state index is 13.9. The van der Waals surface area contributed by atoms with Gasteiger partial charge in [0.2, 0.25) is 0 Å². The molecule has 2 N–H and O–H groups in total.